The number of halogens is 3. The fraction of sp³-hybridized carbons (Fsp3) is 0.379. The Morgan fingerprint density at radius 1 is 1.09 bits per heavy atom. The van der Waals surface area contributed by atoms with Crippen molar-refractivity contribution in [3.05, 3.63) is 93.6 Å². The average molecular weight is 655 g/mol. The number of nitro benzene ring substituents is 1. The van der Waals surface area contributed by atoms with E-state index in [4.69, 9.17) is 9.47 Å². The van der Waals surface area contributed by atoms with Gasteiger partial charge in [0.2, 0.25) is 10.0 Å². The van der Waals surface area contributed by atoms with Gasteiger partial charge in [-0.3, -0.25) is 19.9 Å². The molecule has 0 fully saturated rings. The molecule has 0 aliphatic carbocycles. The third kappa shape index (κ3) is 10.6. The van der Waals surface area contributed by atoms with Crippen LogP contribution in [0.4, 0.5) is 18.9 Å². The minimum absolute atomic E-state index is 0.0599. The van der Waals surface area contributed by atoms with Gasteiger partial charge in [-0.2, -0.15) is 22.6 Å². The lowest BCUT2D eigenvalue weighted by atomic mass is 10.0. The van der Waals surface area contributed by atoms with E-state index in [0.29, 0.717) is 37.0 Å². The molecule has 2 aromatic carbocycles. The maximum atomic E-state index is 13.2. The first-order valence-corrected chi connectivity index (χ1v) is 15.1. The lowest BCUT2D eigenvalue weighted by molar-refractivity contribution is -0.385. The molecule has 244 valence electrons. The topological polar surface area (TPSA) is 162 Å². The molecule has 0 spiro atoms. The number of carbonyl (C=O) groups excluding carboxylic acids is 1. The first-order chi connectivity index (χ1) is 21.0. The van der Waals surface area contributed by atoms with E-state index in [2.05, 4.69) is 9.71 Å². The number of alkyl halides is 3. The summed E-state index contributed by atoms with van der Waals surface area (Å²) in [6.45, 7) is 5.11. The van der Waals surface area contributed by atoms with Crippen LogP contribution >= 0.6 is 0 Å². The van der Waals surface area contributed by atoms with Crippen molar-refractivity contribution in [1.29, 1.82) is 0 Å². The Kier molecular flexibility index (Phi) is 11.3. The van der Waals surface area contributed by atoms with Gasteiger partial charge in [-0.15, -0.1) is 0 Å². The van der Waals surface area contributed by atoms with Crippen molar-refractivity contribution in [2.45, 2.75) is 62.7 Å². The summed E-state index contributed by atoms with van der Waals surface area (Å²) in [5, 5.41) is 21.5. The summed E-state index contributed by atoms with van der Waals surface area (Å²) >= 11 is 0. The number of nitrogens with zero attached hydrogens (tertiary/aromatic N) is 3. The summed E-state index contributed by atoms with van der Waals surface area (Å²) < 4.78 is 79.6. The van der Waals surface area contributed by atoms with E-state index in [1.807, 2.05) is 0 Å². The van der Waals surface area contributed by atoms with Gasteiger partial charge in [-0.1, -0.05) is 18.2 Å². The van der Waals surface area contributed by atoms with Gasteiger partial charge in [0.1, 0.15) is 11.6 Å². The predicted octanol–water partition coefficient (Wildman–Crippen LogP) is 4.64. The van der Waals surface area contributed by atoms with Crippen molar-refractivity contribution in [3.63, 3.8) is 0 Å². The number of pyridine rings is 1. The summed E-state index contributed by atoms with van der Waals surface area (Å²) in [6, 6.07) is 10.2. The molecule has 1 atom stereocenters. The SMILES string of the molecule is CC(C)(C)OC(=O)[C@H](Cc1ccc(OCCCCN=c2ccccn2O)c([N+](=O)[O-])c1)NS(=O)(=O)c1cccc(C(F)(F)F)c1. The van der Waals surface area contributed by atoms with Crippen LogP contribution in [0.1, 0.15) is 44.7 Å². The molecule has 12 nitrogen and oxygen atoms in total. The van der Waals surface area contributed by atoms with Crippen LogP contribution in [0.3, 0.4) is 0 Å². The minimum atomic E-state index is -4.81. The maximum absolute atomic E-state index is 13.2. The number of nitrogens with one attached hydrogen (secondary N) is 1. The predicted molar refractivity (Wildman–Crippen MR) is 155 cm³/mol. The summed E-state index contributed by atoms with van der Waals surface area (Å²) in [5.74, 6) is -1.09. The maximum Gasteiger partial charge on any atom is 0.416 e. The van der Waals surface area contributed by atoms with Crippen molar-refractivity contribution < 1.29 is 46.0 Å². The standard InChI is InChI=1S/C29H33F3N4O8S/c1-28(2,3)44-27(37)23(34-45(41,42)22-10-8-9-21(19-22)29(30,31)32)17-20-12-13-25(24(18-20)36(39)40)43-16-7-5-14-33-26-11-4-6-15-35(26)38/h4,6,8-13,15,18-19,23,34,38H,5,7,14,16-17H2,1-3H3/t23-/m0/s1. The fourth-order valence-electron chi connectivity index (χ4n) is 3.97. The second-order valence-corrected chi connectivity index (χ2v) is 12.6. The Morgan fingerprint density at radius 2 is 1.82 bits per heavy atom. The Labute approximate surface area is 257 Å². The Hall–Kier alpha value is -4.44. The fourth-order valence-corrected chi connectivity index (χ4v) is 5.20. The molecule has 0 unspecified atom stereocenters. The van der Waals surface area contributed by atoms with Crippen LogP contribution in [0.15, 0.2) is 76.7 Å². The normalized spacial score (nSPS) is 13.3. The highest BCUT2D eigenvalue weighted by Gasteiger charge is 2.34. The van der Waals surface area contributed by atoms with Gasteiger partial charge in [0, 0.05) is 18.8 Å². The van der Waals surface area contributed by atoms with Crippen LogP contribution in [0, 0.1) is 10.1 Å². The number of aromatic nitrogens is 1. The number of hydrogen-bond donors (Lipinski definition) is 2. The van der Waals surface area contributed by atoms with Gasteiger partial charge in [0.15, 0.2) is 11.2 Å². The largest absolute Gasteiger partial charge is 0.487 e. The number of nitro groups is 1. The van der Waals surface area contributed by atoms with E-state index in [0.717, 1.165) is 22.9 Å². The third-order valence-electron chi connectivity index (χ3n) is 6.02. The molecule has 1 heterocycles. The quantitative estimate of drug-likeness (QED) is 0.0886. The highest BCUT2D eigenvalue weighted by molar-refractivity contribution is 7.89. The van der Waals surface area contributed by atoms with Gasteiger partial charge in [-0.25, -0.2) is 8.42 Å². The second kappa shape index (κ2) is 14.6. The van der Waals surface area contributed by atoms with E-state index >= 15 is 0 Å². The number of unbranched alkanes of at least 4 members (excludes halogenated alkanes) is 1. The van der Waals surface area contributed by atoms with Crippen LogP contribution in [-0.2, 0) is 32.2 Å². The Bertz CT molecular complexity index is 1690. The number of benzene rings is 2. The van der Waals surface area contributed by atoms with Crippen molar-refractivity contribution in [2.24, 2.45) is 4.99 Å². The lowest BCUT2D eigenvalue weighted by Gasteiger charge is -2.25. The monoisotopic (exact) mass is 654 g/mol. The third-order valence-corrected chi connectivity index (χ3v) is 7.49. The van der Waals surface area contributed by atoms with E-state index in [9.17, 15) is 41.7 Å². The molecule has 1 aromatic heterocycles. The number of rotatable bonds is 13. The summed E-state index contributed by atoms with van der Waals surface area (Å²) in [7, 11) is -4.67. The molecule has 45 heavy (non-hydrogen) atoms. The van der Waals surface area contributed by atoms with Crippen LogP contribution in [-0.4, -0.2) is 54.0 Å². The van der Waals surface area contributed by atoms with E-state index < -0.39 is 61.3 Å². The molecular weight excluding hydrogens is 621 g/mol. The van der Waals surface area contributed by atoms with E-state index in [-0.39, 0.29) is 17.9 Å². The van der Waals surface area contributed by atoms with E-state index in [1.54, 1.807) is 39.0 Å². The first kappa shape index (κ1) is 35.0. The van der Waals surface area contributed by atoms with Gasteiger partial charge in [-0.05, 0) is 82.0 Å². The molecule has 0 saturated heterocycles. The van der Waals surface area contributed by atoms with Crippen molar-refractivity contribution in [2.75, 3.05) is 13.2 Å². The number of sulfonamides is 1. The molecule has 0 amide bonds. The Balaban J connectivity index is 1.77. The molecule has 0 aliphatic rings. The molecule has 3 rings (SSSR count). The van der Waals surface area contributed by atoms with Gasteiger partial charge in [0.25, 0.3) is 0 Å². The average Bonchev–Trinajstić information content (AvgIpc) is 2.94. The zero-order chi connectivity index (χ0) is 33.4. The molecule has 0 aliphatic heterocycles. The molecule has 16 heteroatoms. The highest BCUT2D eigenvalue weighted by Crippen LogP contribution is 2.31. The summed E-state index contributed by atoms with van der Waals surface area (Å²) in [5.41, 5.74) is -2.16. The molecule has 2 N–H and O–H groups in total. The van der Waals surface area contributed by atoms with Crippen LogP contribution in [0.2, 0.25) is 0 Å². The number of carbonyl (C=O) groups is 1. The van der Waals surface area contributed by atoms with Crippen LogP contribution in [0.25, 0.3) is 0 Å². The zero-order valence-electron chi connectivity index (χ0n) is 24.7. The highest BCUT2D eigenvalue weighted by atomic mass is 32.2. The summed E-state index contributed by atoms with van der Waals surface area (Å²) in [6.07, 6.45) is -2.74. The number of ether oxygens (including phenoxy) is 2. The first-order valence-electron chi connectivity index (χ1n) is 13.7. The smallest absolute Gasteiger partial charge is 0.416 e. The van der Waals surface area contributed by atoms with E-state index in [1.165, 1.54) is 18.3 Å². The van der Waals surface area contributed by atoms with Crippen molar-refractivity contribution >= 4 is 21.7 Å². The second-order valence-electron chi connectivity index (χ2n) is 10.8. The molecule has 0 bridgehead atoms. The number of hydrogen-bond acceptors (Lipinski definition) is 9. The number of esters is 1. The van der Waals surface area contributed by atoms with Crippen molar-refractivity contribution in [1.82, 2.24) is 9.45 Å². The molecular formula is C29H33F3N4O8S. The molecule has 0 saturated carbocycles. The Morgan fingerprint density at radius 3 is 2.47 bits per heavy atom. The lowest BCUT2D eigenvalue weighted by Crippen LogP contribution is -2.45. The minimum Gasteiger partial charge on any atom is -0.487 e. The molecule has 3 aromatic rings. The zero-order valence-corrected chi connectivity index (χ0v) is 25.5. The molecule has 0 radical (unpaired) electrons. The van der Waals surface area contributed by atoms with Gasteiger partial charge < -0.3 is 14.7 Å². The summed E-state index contributed by atoms with van der Waals surface area (Å²) in [4.78, 5) is 27.7. The van der Waals surface area contributed by atoms with Crippen LogP contribution < -0.4 is 14.9 Å². The van der Waals surface area contributed by atoms with Crippen LogP contribution in [0.5, 0.6) is 5.75 Å². The van der Waals surface area contributed by atoms with Crippen molar-refractivity contribution in [3.8, 4) is 5.75 Å². The van der Waals surface area contributed by atoms with Gasteiger partial charge in [0.05, 0.1) is 22.0 Å². The van der Waals surface area contributed by atoms with Gasteiger partial charge >= 0.3 is 17.8 Å².